The Morgan fingerprint density at radius 3 is 1.60 bits per heavy atom. The zero-order chi connectivity index (χ0) is 18.3. The zero-order valence-electron chi connectivity index (χ0n) is 14.7. The summed E-state index contributed by atoms with van der Waals surface area (Å²) in [5.74, 6) is 0. The van der Waals surface area contributed by atoms with Gasteiger partial charge in [-0.3, -0.25) is 4.68 Å². The topological polar surface area (TPSA) is 105 Å². The maximum Gasteiger partial charge on any atom is 0.137 e. The van der Waals surface area contributed by atoms with Crippen LogP contribution < -0.4 is 0 Å². The Balaban J connectivity index is 0.000000167. The summed E-state index contributed by atoms with van der Waals surface area (Å²) in [6.45, 7) is 1.96. The van der Waals surface area contributed by atoms with Crippen molar-refractivity contribution in [3.8, 4) is 0 Å². The van der Waals surface area contributed by atoms with Gasteiger partial charge in [-0.05, 0) is 12.5 Å². The minimum Gasteiger partial charge on any atom is -0.341 e. The maximum absolute atomic E-state index is 3.78. The molecule has 0 fully saturated rings. The summed E-state index contributed by atoms with van der Waals surface area (Å²) in [7, 11) is 5.64. The second-order valence-electron chi connectivity index (χ2n) is 4.84. The van der Waals surface area contributed by atoms with Crippen molar-refractivity contribution >= 4 is 0 Å². The van der Waals surface area contributed by atoms with Gasteiger partial charge >= 0.3 is 0 Å². The third-order valence-corrected chi connectivity index (χ3v) is 2.39. The van der Waals surface area contributed by atoms with E-state index < -0.39 is 0 Å². The monoisotopic (exact) mass is 342 g/mol. The summed E-state index contributed by atoms with van der Waals surface area (Å²) in [4.78, 5) is 15.0. The van der Waals surface area contributed by atoms with E-state index in [1.165, 1.54) is 12.7 Å². The van der Waals surface area contributed by atoms with Crippen molar-refractivity contribution in [3.63, 3.8) is 0 Å². The van der Waals surface area contributed by atoms with Crippen LogP contribution in [0, 0.1) is 6.92 Å². The van der Waals surface area contributed by atoms with E-state index in [-0.39, 0.29) is 0 Å². The number of imidazole rings is 1. The van der Waals surface area contributed by atoms with Gasteiger partial charge in [0, 0.05) is 45.9 Å². The lowest BCUT2D eigenvalue weighted by molar-refractivity contribution is 0.765. The molecule has 10 nitrogen and oxygen atoms in total. The standard InChI is InChI=1S/C5H6N2.C4H6N2.2C3H5N3/c1-5-2-6-4-7-3-5;1-6-3-2-5-4-6;1-6-2-4-5-3-6;1-6-3-4-2-5-6/h2-4H,1H3;2-4H,1H3;2*2-3H,1H3. The van der Waals surface area contributed by atoms with Crippen LogP contribution in [0.1, 0.15) is 5.56 Å². The van der Waals surface area contributed by atoms with E-state index in [0.29, 0.717) is 0 Å². The smallest absolute Gasteiger partial charge is 0.137 e. The molecule has 4 aromatic heterocycles. The molecule has 0 unspecified atom stereocenters. The maximum atomic E-state index is 3.78. The fourth-order valence-electron chi connectivity index (χ4n) is 1.22. The zero-order valence-corrected chi connectivity index (χ0v) is 14.7. The number of aromatic nitrogens is 10. The molecule has 0 N–H and O–H groups in total. The Labute approximate surface area is 146 Å². The van der Waals surface area contributed by atoms with Crippen molar-refractivity contribution in [1.82, 2.24) is 49.0 Å². The first-order valence-corrected chi connectivity index (χ1v) is 7.28. The molecule has 0 aliphatic rings. The van der Waals surface area contributed by atoms with Crippen LogP contribution in [-0.4, -0.2) is 49.0 Å². The van der Waals surface area contributed by atoms with Gasteiger partial charge in [0.25, 0.3) is 0 Å². The first-order valence-electron chi connectivity index (χ1n) is 7.28. The summed E-state index contributed by atoms with van der Waals surface area (Å²) in [5.41, 5.74) is 1.10. The molecule has 0 spiro atoms. The Morgan fingerprint density at radius 1 is 0.720 bits per heavy atom. The minimum absolute atomic E-state index is 1.10. The number of nitrogens with zero attached hydrogens (tertiary/aromatic N) is 10. The second-order valence-corrected chi connectivity index (χ2v) is 4.84. The highest BCUT2D eigenvalue weighted by atomic mass is 15.3. The molecule has 0 bridgehead atoms. The van der Waals surface area contributed by atoms with Crippen molar-refractivity contribution in [2.24, 2.45) is 21.1 Å². The molecule has 10 heteroatoms. The molecule has 0 saturated heterocycles. The molecule has 0 atom stereocenters. The molecule has 4 rings (SSSR count). The molecule has 0 radical (unpaired) electrons. The Morgan fingerprint density at radius 2 is 1.40 bits per heavy atom. The van der Waals surface area contributed by atoms with Crippen LogP contribution in [0.4, 0.5) is 0 Å². The van der Waals surface area contributed by atoms with Crippen LogP contribution in [0.3, 0.4) is 0 Å². The van der Waals surface area contributed by atoms with Crippen LogP contribution in [0.25, 0.3) is 0 Å². The van der Waals surface area contributed by atoms with E-state index in [0.717, 1.165) is 5.56 Å². The molecular weight excluding hydrogens is 320 g/mol. The average Bonchev–Trinajstić information content (AvgIpc) is 3.36. The van der Waals surface area contributed by atoms with Crippen molar-refractivity contribution in [2.45, 2.75) is 6.92 Å². The van der Waals surface area contributed by atoms with E-state index >= 15 is 0 Å². The van der Waals surface area contributed by atoms with Crippen LogP contribution in [-0.2, 0) is 21.1 Å². The fourth-order valence-corrected chi connectivity index (χ4v) is 1.22. The molecule has 0 aliphatic carbocycles. The van der Waals surface area contributed by atoms with Gasteiger partial charge in [0.1, 0.15) is 31.6 Å². The van der Waals surface area contributed by atoms with Crippen LogP contribution >= 0.6 is 0 Å². The van der Waals surface area contributed by atoms with Crippen LogP contribution in [0.2, 0.25) is 0 Å². The molecule has 0 saturated carbocycles. The van der Waals surface area contributed by atoms with Crippen molar-refractivity contribution in [2.75, 3.05) is 0 Å². The van der Waals surface area contributed by atoms with E-state index in [9.17, 15) is 0 Å². The van der Waals surface area contributed by atoms with Crippen molar-refractivity contribution < 1.29 is 0 Å². The van der Waals surface area contributed by atoms with Gasteiger partial charge in [-0.1, -0.05) is 0 Å². The van der Waals surface area contributed by atoms with E-state index in [2.05, 4.69) is 35.2 Å². The third kappa shape index (κ3) is 10.8. The van der Waals surface area contributed by atoms with Gasteiger partial charge in [0.05, 0.1) is 6.33 Å². The lowest BCUT2D eigenvalue weighted by Crippen LogP contribution is -1.83. The van der Waals surface area contributed by atoms with E-state index in [4.69, 9.17) is 0 Å². The molecule has 4 heterocycles. The molecular formula is C15H22N10. The first-order chi connectivity index (χ1) is 12.1. The molecule has 0 aromatic carbocycles. The summed E-state index contributed by atoms with van der Waals surface area (Å²) in [6, 6.07) is 0. The van der Waals surface area contributed by atoms with E-state index in [1.807, 2.05) is 38.8 Å². The second kappa shape index (κ2) is 12.0. The van der Waals surface area contributed by atoms with Crippen molar-refractivity contribution in [3.05, 3.63) is 68.3 Å². The highest BCUT2D eigenvalue weighted by Gasteiger charge is 1.74. The van der Waals surface area contributed by atoms with E-state index in [1.54, 1.807) is 53.1 Å². The highest BCUT2D eigenvalue weighted by Crippen LogP contribution is 1.84. The van der Waals surface area contributed by atoms with Gasteiger partial charge in [0.2, 0.25) is 0 Å². The summed E-state index contributed by atoms with van der Waals surface area (Å²) < 4.78 is 5.31. The number of hydrogen-bond donors (Lipinski definition) is 0. The normalized spacial score (nSPS) is 8.80. The van der Waals surface area contributed by atoms with Gasteiger partial charge in [-0.2, -0.15) is 5.10 Å². The fraction of sp³-hybridized carbons (Fsp3) is 0.267. The Hall–Kier alpha value is -3.43. The molecule has 132 valence electrons. The summed E-state index contributed by atoms with van der Waals surface area (Å²) in [6.07, 6.45) is 16.9. The predicted octanol–water partition coefficient (Wildman–Crippen LogP) is 0.835. The van der Waals surface area contributed by atoms with Gasteiger partial charge < -0.3 is 9.13 Å². The number of aryl methyl sites for hydroxylation is 4. The first kappa shape index (κ1) is 19.6. The predicted molar refractivity (Wildman–Crippen MR) is 92.0 cm³/mol. The van der Waals surface area contributed by atoms with Crippen LogP contribution in [0.5, 0.6) is 0 Å². The average molecular weight is 342 g/mol. The highest BCUT2D eigenvalue weighted by molar-refractivity contribution is 4.96. The SMILES string of the molecule is Cc1cncnc1.Cn1ccnc1.Cn1cncn1.Cn1cnnc1. The molecule has 25 heavy (non-hydrogen) atoms. The third-order valence-electron chi connectivity index (χ3n) is 2.39. The van der Waals surface area contributed by atoms with Gasteiger partial charge in [0.15, 0.2) is 0 Å². The number of rotatable bonds is 0. The lowest BCUT2D eigenvalue weighted by Gasteiger charge is -1.81. The Kier molecular flexibility index (Phi) is 9.45. The lowest BCUT2D eigenvalue weighted by atomic mass is 10.4. The Bertz CT molecular complexity index is 656. The van der Waals surface area contributed by atoms with Crippen molar-refractivity contribution in [1.29, 1.82) is 0 Å². The van der Waals surface area contributed by atoms with Gasteiger partial charge in [-0.15, -0.1) is 10.2 Å². The summed E-state index contributed by atoms with van der Waals surface area (Å²) >= 11 is 0. The number of hydrogen-bond acceptors (Lipinski definition) is 7. The molecule has 4 aromatic rings. The van der Waals surface area contributed by atoms with Gasteiger partial charge in [-0.25, -0.2) is 19.9 Å². The van der Waals surface area contributed by atoms with Crippen LogP contribution in [0.15, 0.2) is 62.8 Å². The summed E-state index contributed by atoms with van der Waals surface area (Å²) in [5, 5.41) is 10.8. The largest absolute Gasteiger partial charge is 0.341 e. The molecule has 0 amide bonds. The quantitative estimate of drug-likeness (QED) is 0.466. The molecule has 0 aliphatic heterocycles. The minimum atomic E-state index is 1.10.